The van der Waals surface area contributed by atoms with Crippen molar-refractivity contribution >= 4 is 17.9 Å². The molecule has 0 spiro atoms. The van der Waals surface area contributed by atoms with Crippen LogP contribution in [0, 0.1) is 0 Å². The molecule has 0 aromatic rings. The van der Waals surface area contributed by atoms with Crippen LogP contribution in [0.25, 0.3) is 0 Å². The largest absolute Gasteiger partial charge is 0.462 e. The van der Waals surface area contributed by atoms with Gasteiger partial charge in [-0.05, 0) is 77.0 Å². The van der Waals surface area contributed by atoms with Gasteiger partial charge in [0.1, 0.15) is 13.2 Å². The first kappa shape index (κ1) is 66.6. The van der Waals surface area contributed by atoms with Crippen molar-refractivity contribution in [3.8, 4) is 0 Å². The lowest BCUT2D eigenvalue weighted by Crippen LogP contribution is -2.30. The molecule has 0 N–H and O–H groups in total. The second-order valence-corrected chi connectivity index (χ2v) is 20.6. The molecule has 0 bridgehead atoms. The number of ether oxygens (including phenoxy) is 3. The predicted molar refractivity (Wildman–Crippen MR) is 298 cm³/mol. The zero-order valence-corrected chi connectivity index (χ0v) is 46.3. The average molecular weight is 970 g/mol. The van der Waals surface area contributed by atoms with Crippen LogP contribution in [0.3, 0.4) is 0 Å². The summed E-state index contributed by atoms with van der Waals surface area (Å²) in [4.78, 5) is 38.2. The van der Waals surface area contributed by atoms with Crippen molar-refractivity contribution in [2.45, 2.75) is 335 Å². The number of carbonyl (C=O) groups is 3. The van der Waals surface area contributed by atoms with Gasteiger partial charge in [0.15, 0.2) is 6.10 Å². The van der Waals surface area contributed by atoms with E-state index in [-0.39, 0.29) is 31.1 Å². The van der Waals surface area contributed by atoms with Crippen molar-refractivity contribution in [2.75, 3.05) is 13.2 Å². The van der Waals surface area contributed by atoms with Gasteiger partial charge in [-0.1, -0.05) is 269 Å². The zero-order valence-electron chi connectivity index (χ0n) is 46.3. The Bertz CT molecular complexity index is 1160. The summed E-state index contributed by atoms with van der Waals surface area (Å²) in [6, 6.07) is 0. The third-order valence-corrected chi connectivity index (χ3v) is 13.6. The van der Waals surface area contributed by atoms with Crippen molar-refractivity contribution in [3.63, 3.8) is 0 Å². The maximum atomic E-state index is 12.9. The standard InChI is InChI=1S/C63H116O6/c1-4-7-10-13-16-19-22-25-27-29-30-31-32-34-35-38-41-44-47-50-53-56-62(65)68-59-60(58-67-61(64)55-52-49-46-43-40-37-24-21-18-15-12-9-6-3)69-63(66)57-54-51-48-45-42-39-36-33-28-26-23-20-17-14-11-8-5-2/h17,20,25-28,60H,4-16,18-19,21-24,29-59H2,1-3H3/b20-17-,27-25-,28-26-/t60-/m0/s1. The summed E-state index contributed by atoms with van der Waals surface area (Å²) in [7, 11) is 0. The molecular formula is C63H116O6. The minimum absolute atomic E-state index is 0.0715. The van der Waals surface area contributed by atoms with Gasteiger partial charge in [0, 0.05) is 19.3 Å². The third kappa shape index (κ3) is 56.4. The highest BCUT2D eigenvalue weighted by atomic mass is 16.6. The molecular weight excluding hydrogens is 853 g/mol. The molecule has 1 atom stereocenters. The second kappa shape index (κ2) is 58.2. The van der Waals surface area contributed by atoms with Gasteiger partial charge in [0.25, 0.3) is 0 Å². The molecule has 0 saturated heterocycles. The van der Waals surface area contributed by atoms with Crippen molar-refractivity contribution in [3.05, 3.63) is 36.5 Å². The van der Waals surface area contributed by atoms with Gasteiger partial charge < -0.3 is 14.2 Å². The van der Waals surface area contributed by atoms with Gasteiger partial charge in [0.05, 0.1) is 0 Å². The minimum Gasteiger partial charge on any atom is -0.462 e. The summed E-state index contributed by atoms with van der Waals surface area (Å²) >= 11 is 0. The van der Waals surface area contributed by atoms with Crippen LogP contribution in [-0.2, 0) is 28.6 Å². The maximum Gasteiger partial charge on any atom is 0.306 e. The summed E-state index contributed by atoms with van der Waals surface area (Å²) in [6.07, 6.45) is 69.9. The van der Waals surface area contributed by atoms with Gasteiger partial charge >= 0.3 is 17.9 Å². The highest BCUT2D eigenvalue weighted by Crippen LogP contribution is 2.17. The molecule has 0 amide bonds. The van der Waals surface area contributed by atoms with Crippen LogP contribution in [0.4, 0.5) is 0 Å². The Morgan fingerprint density at radius 1 is 0.290 bits per heavy atom. The first-order valence-electron chi connectivity index (χ1n) is 30.5. The Kier molecular flexibility index (Phi) is 56.2. The third-order valence-electron chi connectivity index (χ3n) is 13.6. The zero-order chi connectivity index (χ0) is 50.0. The quantitative estimate of drug-likeness (QED) is 0.0261. The van der Waals surface area contributed by atoms with E-state index >= 15 is 0 Å². The fourth-order valence-corrected chi connectivity index (χ4v) is 9.00. The van der Waals surface area contributed by atoms with Crippen LogP contribution in [-0.4, -0.2) is 37.2 Å². The number of esters is 3. The van der Waals surface area contributed by atoms with Crippen LogP contribution in [0.2, 0.25) is 0 Å². The van der Waals surface area contributed by atoms with Crippen LogP contribution in [0.1, 0.15) is 329 Å². The number of hydrogen-bond donors (Lipinski definition) is 0. The molecule has 0 aromatic carbocycles. The normalized spacial score (nSPS) is 12.2. The van der Waals surface area contributed by atoms with Crippen LogP contribution < -0.4 is 0 Å². The second-order valence-electron chi connectivity index (χ2n) is 20.6. The molecule has 0 aliphatic rings. The lowest BCUT2D eigenvalue weighted by atomic mass is 10.0. The predicted octanol–water partition coefficient (Wildman–Crippen LogP) is 20.4. The summed E-state index contributed by atoms with van der Waals surface area (Å²) in [5, 5.41) is 0. The number of rotatable bonds is 56. The Hall–Kier alpha value is -2.37. The van der Waals surface area contributed by atoms with Crippen LogP contribution in [0.5, 0.6) is 0 Å². The Morgan fingerprint density at radius 3 is 0.841 bits per heavy atom. The number of unbranched alkanes of at least 4 members (excludes halogenated alkanes) is 39. The Balaban J connectivity index is 4.30. The number of carbonyl (C=O) groups excluding carboxylic acids is 3. The lowest BCUT2D eigenvalue weighted by Gasteiger charge is -2.18. The summed E-state index contributed by atoms with van der Waals surface area (Å²) < 4.78 is 16.9. The fourth-order valence-electron chi connectivity index (χ4n) is 9.00. The topological polar surface area (TPSA) is 78.9 Å². The maximum absolute atomic E-state index is 12.9. The first-order chi connectivity index (χ1) is 34.0. The van der Waals surface area contributed by atoms with Gasteiger partial charge in [-0.25, -0.2) is 0 Å². The molecule has 6 heteroatoms. The molecule has 0 aliphatic carbocycles. The van der Waals surface area contributed by atoms with Gasteiger partial charge in [-0.2, -0.15) is 0 Å². The Morgan fingerprint density at radius 2 is 0.522 bits per heavy atom. The molecule has 0 unspecified atom stereocenters. The molecule has 0 radical (unpaired) electrons. The Labute approximate surface area is 429 Å². The van der Waals surface area contributed by atoms with E-state index in [1.165, 1.54) is 218 Å². The van der Waals surface area contributed by atoms with Crippen LogP contribution >= 0.6 is 0 Å². The summed E-state index contributed by atoms with van der Waals surface area (Å²) in [5.41, 5.74) is 0. The van der Waals surface area contributed by atoms with E-state index in [0.717, 1.165) is 70.6 Å². The van der Waals surface area contributed by atoms with Crippen molar-refractivity contribution in [1.29, 1.82) is 0 Å². The van der Waals surface area contributed by atoms with E-state index in [0.29, 0.717) is 19.3 Å². The van der Waals surface area contributed by atoms with Crippen molar-refractivity contribution < 1.29 is 28.6 Å². The molecule has 69 heavy (non-hydrogen) atoms. The molecule has 0 heterocycles. The number of hydrogen-bond acceptors (Lipinski definition) is 6. The highest BCUT2D eigenvalue weighted by molar-refractivity contribution is 5.71. The highest BCUT2D eigenvalue weighted by Gasteiger charge is 2.19. The van der Waals surface area contributed by atoms with E-state index in [4.69, 9.17) is 14.2 Å². The van der Waals surface area contributed by atoms with Gasteiger partial charge in [-0.3, -0.25) is 14.4 Å². The van der Waals surface area contributed by atoms with E-state index in [1.54, 1.807) is 0 Å². The van der Waals surface area contributed by atoms with Crippen LogP contribution in [0.15, 0.2) is 36.5 Å². The van der Waals surface area contributed by atoms with E-state index in [1.807, 2.05) is 0 Å². The summed E-state index contributed by atoms with van der Waals surface area (Å²) in [6.45, 7) is 6.65. The van der Waals surface area contributed by atoms with E-state index in [9.17, 15) is 14.4 Å². The smallest absolute Gasteiger partial charge is 0.306 e. The molecule has 0 saturated carbocycles. The molecule has 404 valence electrons. The number of allylic oxidation sites excluding steroid dienone is 6. The van der Waals surface area contributed by atoms with Crippen molar-refractivity contribution in [1.82, 2.24) is 0 Å². The van der Waals surface area contributed by atoms with Gasteiger partial charge in [0.2, 0.25) is 0 Å². The molecule has 0 rings (SSSR count). The molecule has 0 fully saturated rings. The van der Waals surface area contributed by atoms with Gasteiger partial charge in [-0.15, -0.1) is 0 Å². The molecule has 0 aliphatic heterocycles. The van der Waals surface area contributed by atoms with Crippen molar-refractivity contribution in [2.24, 2.45) is 0 Å². The first-order valence-corrected chi connectivity index (χ1v) is 30.5. The molecule has 0 aromatic heterocycles. The SMILES string of the molecule is CCCCC/C=C\C/C=C\CCCCCCCCCC(=O)O[C@H](COC(=O)CCCCCCCCCCCCC/C=C\CCCCCCCC)COC(=O)CCCCCCCCCCCCCCC. The fraction of sp³-hybridized carbons (Fsp3) is 0.857. The minimum atomic E-state index is -0.774. The summed E-state index contributed by atoms with van der Waals surface area (Å²) in [5.74, 6) is -0.860. The monoisotopic (exact) mass is 969 g/mol. The lowest BCUT2D eigenvalue weighted by molar-refractivity contribution is -0.167. The molecule has 6 nitrogen and oxygen atoms in total. The van der Waals surface area contributed by atoms with E-state index < -0.39 is 6.10 Å². The van der Waals surface area contributed by atoms with E-state index in [2.05, 4.69) is 57.2 Å². The average Bonchev–Trinajstić information content (AvgIpc) is 3.35.